The fraction of sp³-hybridized carbons (Fsp3) is 0.316. The molecular weight excluding hydrogens is 419 g/mol. The van der Waals surface area contributed by atoms with Crippen molar-refractivity contribution in [3.05, 3.63) is 73.5 Å². The van der Waals surface area contributed by atoms with E-state index in [4.69, 9.17) is 27.9 Å². The molecule has 0 amide bonds. The molecule has 0 saturated carbocycles. The molecule has 29 heavy (non-hydrogen) atoms. The third-order valence-electron chi connectivity index (χ3n) is 4.20. The van der Waals surface area contributed by atoms with Gasteiger partial charge in [0.15, 0.2) is 5.82 Å². The molecular formula is C19H20Cl2N4O4. The number of pyridine rings is 1. The Kier molecular flexibility index (Phi) is 7.65. The highest BCUT2D eigenvalue weighted by Gasteiger charge is 2.14. The van der Waals surface area contributed by atoms with E-state index in [1.54, 1.807) is 29.0 Å². The van der Waals surface area contributed by atoms with Gasteiger partial charge < -0.3 is 14.6 Å². The molecule has 3 aromatic rings. The maximum absolute atomic E-state index is 12.1. The van der Waals surface area contributed by atoms with E-state index in [1.807, 2.05) is 12.1 Å². The lowest BCUT2D eigenvalue weighted by Gasteiger charge is -2.15. The lowest BCUT2D eigenvalue weighted by molar-refractivity contribution is 0.117. The average molecular weight is 439 g/mol. The van der Waals surface area contributed by atoms with Crippen LogP contribution in [0.1, 0.15) is 0 Å². The average Bonchev–Trinajstić information content (AvgIpc) is 2.98. The molecule has 1 unspecified atom stereocenters. The first-order valence-corrected chi connectivity index (χ1v) is 9.74. The SMILES string of the molecule is Clc1ccccc1Cl.O=c1[nH]c(-c2ccn(CC3CNCCOC3)c(=O)c2)no1. The maximum atomic E-state index is 12.1. The van der Waals surface area contributed by atoms with Crippen LogP contribution in [0.25, 0.3) is 11.4 Å². The van der Waals surface area contributed by atoms with Crippen molar-refractivity contribution in [1.82, 2.24) is 20.0 Å². The van der Waals surface area contributed by atoms with E-state index >= 15 is 0 Å². The molecule has 154 valence electrons. The molecule has 4 rings (SSSR count). The van der Waals surface area contributed by atoms with E-state index in [-0.39, 0.29) is 17.3 Å². The van der Waals surface area contributed by atoms with Crippen LogP contribution in [0.2, 0.25) is 10.0 Å². The monoisotopic (exact) mass is 438 g/mol. The number of nitrogens with one attached hydrogen (secondary N) is 2. The maximum Gasteiger partial charge on any atom is 0.439 e. The minimum absolute atomic E-state index is 0.152. The van der Waals surface area contributed by atoms with Gasteiger partial charge in [0.1, 0.15) is 0 Å². The summed E-state index contributed by atoms with van der Waals surface area (Å²) >= 11 is 11.2. The van der Waals surface area contributed by atoms with E-state index in [2.05, 4.69) is 20.0 Å². The molecule has 1 saturated heterocycles. The van der Waals surface area contributed by atoms with Gasteiger partial charge in [-0.1, -0.05) is 40.5 Å². The number of rotatable bonds is 3. The van der Waals surface area contributed by atoms with Crippen molar-refractivity contribution in [3.63, 3.8) is 0 Å². The number of H-pyrrole nitrogens is 1. The van der Waals surface area contributed by atoms with Crippen LogP contribution >= 0.6 is 23.2 Å². The fourth-order valence-electron chi connectivity index (χ4n) is 2.75. The van der Waals surface area contributed by atoms with Gasteiger partial charge in [-0.25, -0.2) is 4.79 Å². The van der Waals surface area contributed by atoms with E-state index < -0.39 is 5.76 Å². The lowest BCUT2D eigenvalue weighted by atomic mass is 10.1. The molecule has 0 bridgehead atoms. The third kappa shape index (κ3) is 6.30. The van der Waals surface area contributed by atoms with Crippen LogP contribution in [0.5, 0.6) is 0 Å². The molecule has 0 aliphatic carbocycles. The Morgan fingerprint density at radius 1 is 1.17 bits per heavy atom. The number of benzene rings is 1. The van der Waals surface area contributed by atoms with Gasteiger partial charge in [0, 0.05) is 43.4 Å². The summed E-state index contributed by atoms with van der Waals surface area (Å²) in [5, 5.41) is 8.05. The summed E-state index contributed by atoms with van der Waals surface area (Å²) in [6.45, 7) is 3.58. The van der Waals surface area contributed by atoms with Crippen molar-refractivity contribution in [1.29, 1.82) is 0 Å². The molecule has 10 heteroatoms. The number of halogens is 2. The minimum Gasteiger partial charge on any atom is -0.380 e. The second-order valence-corrected chi connectivity index (χ2v) is 7.22. The van der Waals surface area contributed by atoms with Crippen LogP contribution in [0.4, 0.5) is 0 Å². The normalized spacial score (nSPS) is 16.6. The van der Waals surface area contributed by atoms with Crippen LogP contribution < -0.4 is 16.6 Å². The third-order valence-corrected chi connectivity index (χ3v) is 4.95. The summed E-state index contributed by atoms with van der Waals surface area (Å²) in [4.78, 5) is 25.5. The number of nitrogens with zero attached hydrogens (tertiary/aromatic N) is 2. The highest BCUT2D eigenvalue weighted by molar-refractivity contribution is 6.41. The zero-order chi connectivity index (χ0) is 20.6. The number of hydrogen-bond acceptors (Lipinski definition) is 6. The van der Waals surface area contributed by atoms with Gasteiger partial charge >= 0.3 is 5.76 Å². The van der Waals surface area contributed by atoms with E-state index in [1.165, 1.54) is 6.07 Å². The molecule has 0 radical (unpaired) electrons. The summed E-state index contributed by atoms with van der Waals surface area (Å²) in [5.41, 5.74) is 0.373. The van der Waals surface area contributed by atoms with Gasteiger partial charge in [-0.3, -0.25) is 14.3 Å². The second-order valence-electron chi connectivity index (χ2n) is 6.41. The molecule has 2 N–H and O–H groups in total. The van der Waals surface area contributed by atoms with Crippen LogP contribution in [-0.2, 0) is 11.3 Å². The summed E-state index contributed by atoms with van der Waals surface area (Å²) in [6, 6.07) is 10.3. The van der Waals surface area contributed by atoms with Gasteiger partial charge in [-0.2, -0.15) is 0 Å². The predicted molar refractivity (Wildman–Crippen MR) is 110 cm³/mol. The highest BCUT2D eigenvalue weighted by atomic mass is 35.5. The largest absolute Gasteiger partial charge is 0.439 e. The Hall–Kier alpha value is -2.39. The zero-order valence-corrected chi connectivity index (χ0v) is 16.9. The Balaban J connectivity index is 0.000000252. The highest BCUT2D eigenvalue weighted by Crippen LogP contribution is 2.19. The molecule has 3 heterocycles. The van der Waals surface area contributed by atoms with Crippen LogP contribution in [0, 0.1) is 5.92 Å². The Morgan fingerprint density at radius 3 is 2.55 bits per heavy atom. The van der Waals surface area contributed by atoms with Gasteiger partial charge in [0.05, 0.1) is 23.3 Å². The van der Waals surface area contributed by atoms with Crippen LogP contribution in [0.15, 0.2) is 56.7 Å². The second kappa shape index (κ2) is 10.4. The summed E-state index contributed by atoms with van der Waals surface area (Å²) in [6.07, 6.45) is 1.69. The van der Waals surface area contributed by atoms with Gasteiger partial charge in [-0.05, 0) is 18.2 Å². The van der Waals surface area contributed by atoms with Crippen molar-refractivity contribution in [2.24, 2.45) is 5.92 Å². The molecule has 2 aromatic heterocycles. The van der Waals surface area contributed by atoms with E-state index in [0.717, 1.165) is 13.1 Å². The summed E-state index contributed by atoms with van der Waals surface area (Å²) in [7, 11) is 0. The molecule has 1 aromatic carbocycles. The first-order chi connectivity index (χ1) is 14.0. The Labute approximate surface area is 176 Å². The van der Waals surface area contributed by atoms with Crippen LogP contribution in [0.3, 0.4) is 0 Å². The number of aromatic amines is 1. The first kappa shape index (κ1) is 21.3. The Bertz CT molecular complexity index is 1020. The van der Waals surface area contributed by atoms with Gasteiger partial charge in [-0.15, -0.1) is 0 Å². The smallest absolute Gasteiger partial charge is 0.380 e. The van der Waals surface area contributed by atoms with E-state index in [0.29, 0.717) is 35.4 Å². The topological polar surface area (TPSA) is 102 Å². The molecule has 1 aliphatic rings. The first-order valence-electron chi connectivity index (χ1n) is 8.98. The molecule has 1 aliphatic heterocycles. The zero-order valence-electron chi connectivity index (χ0n) is 15.4. The Morgan fingerprint density at radius 2 is 1.93 bits per heavy atom. The van der Waals surface area contributed by atoms with Gasteiger partial charge in [0.25, 0.3) is 5.56 Å². The number of aromatic nitrogens is 3. The van der Waals surface area contributed by atoms with Crippen molar-refractivity contribution in [3.8, 4) is 11.4 Å². The fourth-order valence-corrected chi connectivity index (χ4v) is 3.03. The molecule has 1 fully saturated rings. The van der Waals surface area contributed by atoms with Gasteiger partial charge in [0.2, 0.25) is 0 Å². The minimum atomic E-state index is -0.643. The molecule has 1 atom stereocenters. The molecule has 8 nitrogen and oxygen atoms in total. The molecule has 0 spiro atoms. The van der Waals surface area contributed by atoms with E-state index in [9.17, 15) is 9.59 Å². The van der Waals surface area contributed by atoms with Crippen molar-refractivity contribution in [2.75, 3.05) is 26.3 Å². The van der Waals surface area contributed by atoms with Crippen molar-refractivity contribution < 1.29 is 9.26 Å². The quantitative estimate of drug-likeness (QED) is 0.650. The number of hydrogen-bond donors (Lipinski definition) is 2. The summed E-state index contributed by atoms with van der Waals surface area (Å²) < 4.78 is 11.5. The predicted octanol–water partition coefficient (Wildman–Crippen LogP) is 2.42. The van der Waals surface area contributed by atoms with Crippen molar-refractivity contribution >= 4 is 23.2 Å². The standard InChI is InChI=1S/C13H16N4O4.C6H4Cl2/c18-11-5-10(12-15-13(19)21-16-12)1-3-17(11)7-9-6-14-2-4-20-8-9;7-5-3-1-2-4-6(5)8/h1,3,5,9,14H,2,4,6-8H2,(H,15,16,19);1-4H. The summed E-state index contributed by atoms with van der Waals surface area (Å²) in [5.74, 6) is -0.137. The van der Waals surface area contributed by atoms with Crippen LogP contribution in [-0.4, -0.2) is 41.0 Å². The van der Waals surface area contributed by atoms with Crippen molar-refractivity contribution in [2.45, 2.75) is 6.54 Å². The number of ether oxygens (including phenoxy) is 1. The lowest BCUT2D eigenvalue weighted by Crippen LogP contribution is -2.30.